The van der Waals surface area contributed by atoms with E-state index in [1.807, 2.05) is 0 Å². The Morgan fingerprint density at radius 3 is 2.30 bits per heavy atom. The number of likely N-dealkylation sites (N-methyl/N-ethyl adjacent to an activating group) is 2. The van der Waals surface area contributed by atoms with Crippen LogP contribution in [0.4, 0.5) is 0 Å². The van der Waals surface area contributed by atoms with Crippen molar-refractivity contribution >= 4 is 0 Å². The molecule has 0 radical (unpaired) electrons. The fourth-order valence-corrected chi connectivity index (χ4v) is 3.04. The largest absolute Gasteiger partial charge is 0.309 e. The van der Waals surface area contributed by atoms with E-state index in [9.17, 15) is 0 Å². The van der Waals surface area contributed by atoms with Crippen molar-refractivity contribution in [1.82, 2.24) is 15.1 Å². The van der Waals surface area contributed by atoms with Gasteiger partial charge in [0, 0.05) is 38.8 Å². The normalized spacial score (nSPS) is 19.1. The van der Waals surface area contributed by atoms with Gasteiger partial charge in [-0.05, 0) is 31.1 Å². The van der Waals surface area contributed by atoms with Gasteiger partial charge in [-0.25, -0.2) is 0 Å². The molecule has 0 amide bonds. The number of aryl methyl sites for hydroxylation is 1. The molecule has 1 fully saturated rings. The second-order valence-corrected chi connectivity index (χ2v) is 5.70. The van der Waals surface area contributed by atoms with Gasteiger partial charge in [-0.15, -0.1) is 0 Å². The highest BCUT2D eigenvalue weighted by atomic mass is 15.3. The summed E-state index contributed by atoms with van der Waals surface area (Å²) in [6, 6.07) is 9.22. The van der Waals surface area contributed by atoms with Crippen LogP contribution in [0.5, 0.6) is 0 Å². The molecule has 1 aliphatic heterocycles. The Morgan fingerprint density at radius 1 is 1.05 bits per heavy atom. The summed E-state index contributed by atoms with van der Waals surface area (Å²) in [4.78, 5) is 5.14. The van der Waals surface area contributed by atoms with Crippen LogP contribution in [-0.4, -0.2) is 55.6 Å². The lowest BCUT2D eigenvalue weighted by atomic mass is 10.0. The topological polar surface area (TPSA) is 18.5 Å². The van der Waals surface area contributed by atoms with Gasteiger partial charge in [0.1, 0.15) is 0 Å². The molecule has 1 aromatic carbocycles. The second-order valence-electron chi connectivity index (χ2n) is 5.70. The molecule has 1 saturated heterocycles. The Bertz CT molecular complexity index is 397. The first kappa shape index (κ1) is 15.5. The molecule has 3 nitrogen and oxygen atoms in total. The maximum absolute atomic E-state index is 3.66. The Kier molecular flexibility index (Phi) is 6.02. The van der Waals surface area contributed by atoms with Crippen molar-refractivity contribution in [3.05, 3.63) is 35.4 Å². The van der Waals surface area contributed by atoms with Crippen LogP contribution in [0, 0.1) is 6.92 Å². The molecule has 0 saturated carbocycles. The standard InChI is InChI=1S/C17H29N3/c1-4-18-17(16-9-7-6-8-15(16)3)14-20-12-10-19(5-2)11-13-20/h6-9,17-18H,4-5,10-14H2,1-3H3. The molecule has 1 unspecified atom stereocenters. The van der Waals surface area contributed by atoms with Crippen LogP contribution in [0.25, 0.3) is 0 Å². The van der Waals surface area contributed by atoms with E-state index in [-0.39, 0.29) is 0 Å². The first-order valence-corrected chi connectivity index (χ1v) is 7.98. The number of hydrogen-bond acceptors (Lipinski definition) is 3. The van der Waals surface area contributed by atoms with Crippen molar-refractivity contribution in [2.75, 3.05) is 45.8 Å². The highest BCUT2D eigenvalue weighted by molar-refractivity contribution is 5.29. The first-order valence-electron chi connectivity index (χ1n) is 7.98. The van der Waals surface area contributed by atoms with Gasteiger partial charge in [-0.3, -0.25) is 4.90 Å². The summed E-state index contributed by atoms with van der Waals surface area (Å²) >= 11 is 0. The Labute approximate surface area is 124 Å². The Morgan fingerprint density at radius 2 is 1.70 bits per heavy atom. The molecule has 0 aromatic heterocycles. The van der Waals surface area contributed by atoms with Crippen molar-refractivity contribution in [1.29, 1.82) is 0 Å². The molecule has 3 heteroatoms. The molecule has 1 N–H and O–H groups in total. The van der Waals surface area contributed by atoms with Gasteiger partial charge >= 0.3 is 0 Å². The number of hydrogen-bond donors (Lipinski definition) is 1. The maximum atomic E-state index is 3.66. The molecule has 1 atom stereocenters. The van der Waals surface area contributed by atoms with E-state index in [1.54, 1.807) is 0 Å². The molecule has 112 valence electrons. The number of nitrogens with zero attached hydrogens (tertiary/aromatic N) is 2. The first-order chi connectivity index (χ1) is 9.74. The summed E-state index contributed by atoms with van der Waals surface area (Å²) in [5.41, 5.74) is 2.85. The lowest BCUT2D eigenvalue weighted by Crippen LogP contribution is -2.48. The van der Waals surface area contributed by atoms with Crippen molar-refractivity contribution in [2.24, 2.45) is 0 Å². The highest BCUT2D eigenvalue weighted by Gasteiger charge is 2.20. The van der Waals surface area contributed by atoms with E-state index >= 15 is 0 Å². The molecule has 2 rings (SSSR count). The molecular weight excluding hydrogens is 246 g/mol. The fourth-order valence-electron chi connectivity index (χ4n) is 3.04. The lowest BCUT2D eigenvalue weighted by Gasteiger charge is -2.36. The molecule has 20 heavy (non-hydrogen) atoms. The smallest absolute Gasteiger partial charge is 0.0451 e. The summed E-state index contributed by atoms with van der Waals surface area (Å²) in [6.45, 7) is 14.8. The zero-order valence-electron chi connectivity index (χ0n) is 13.2. The van der Waals surface area contributed by atoms with Gasteiger partial charge < -0.3 is 10.2 Å². The van der Waals surface area contributed by atoms with E-state index in [2.05, 4.69) is 60.2 Å². The predicted molar refractivity (Wildman–Crippen MR) is 86.2 cm³/mol. The minimum absolute atomic E-state index is 0.453. The zero-order chi connectivity index (χ0) is 14.4. The summed E-state index contributed by atoms with van der Waals surface area (Å²) in [5, 5.41) is 3.66. The van der Waals surface area contributed by atoms with Crippen LogP contribution in [0.1, 0.15) is 31.0 Å². The number of benzene rings is 1. The molecule has 0 bridgehead atoms. The van der Waals surface area contributed by atoms with Gasteiger partial charge in [0.2, 0.25) is 0 Å². The number of piperazine rings is 1. The summed E-state index contributed by atoms with van der Waals surface area (Å²) in [5.74, 6) is 0. The third-order valence-corrected chi connectivity index (χ3v) is 4.37. The van der Waals surface area contributed by atoms with Gasteiger partial charge in [0.05, 0.1) is 0 Å². The quantitative estimate of drug-likeness (QED) is 0.859. The fraction of sp³-hybridized carbons (Fsp3) is 0.647. The lowest BCUT2D eigenvalue weighted by molar-refractivity contribution is 0.127. The van der Waals surface area contributed by atoms with E-state index in [4.69, 9.17) is 0 Å². The molecule has 1 aliphatic rings. The maximum Gasteiger partial charge on any atom is 0.0451 e. The van der Waals surface area contributed by atoms with E-state index in [0.717, 1.165) is 13.1 Å². The molecular formula is C17H29N3. The Balaban J connectivity index is 1.98. The third-order valence-electron chi connectivity index (χ3n) is 4.37. The highest BCUT2D eigenvalue weighted by Crippen LogP contribution is 2.19. The van der Waals surface area contributed by atoms with Crippen LogP contribution >= 0.6 is 0 Å². The SMILES string of the molecule is CCNC(CN1CCN(CC)CC1)c1ccccc1C. The Hall–Kier alpha value is -0.900. The monoisotopic (exact) mass is 275 g/mol. The summed E-state index contributed by atoms with van der Waals surface area (Å²) in [7, 11) is 0. The summed E-state index contributed by atoms with van der Waals surface area (Å²) < 4.78 is 0. The molecule has 0 spiro atoms. The second kappa shape index (κ2) is 7.77. The van der Waals surface area contributed by atoms with Crippen LogP contribution in [-0.2, 0) is 0 Å². The minimum atomic E-state index is 0.453. The number of rotatable bonds is 6. The van der Waals surface area contributed by atoms with E-state index in [0.29, 0.717) is 6.04 Å². The van der Waals surface area contributed by atoms with Crippen molar-refractivity contribution in [3.63, 3.8) is 0 Å². The third kappa shape index (κ3) is 4.05. The average molecular weight is 275 g/mol. The van der Waals surface area contributed by atoms with Crippen molar-refractivity contribution in [3.8, 4) is 0 Å². The van der Waals surface area contributed by atoms with Gasteiger partial charge in [0.25, 0.3) is 0 Å². The van der Waals surface area contributed by atoms with E-state index < -0.39 is 0 Å². The van der Waals surface area contributed by atoms with Gasteiger partial charge in [-0.1, -0.05) is 38.1 Å². The molecule has 0 aliphatic carbocycles. The van der Waals surface area contributed by atoms with Crippen LogP contribution in [0.2, 0.25) is 0 Å². The van der Waals surface area contributed by atoms with Gasteiger partial charge in [-0.2, -0.15) is 0 Å². The van der Waals surface area contributed by atoms with Gasteiger partial charge in [0.15, 0.2) is 0 Å². The molecule has 1 heterocycles. The average Bonchev–Trinajstić information content (AvgIpc) is 2.48. The van der Waals surface area contributed by atoms with E-state index in [1.165, 1.54) is 43.9 Å². The summed E-state index contributed by atoms with van der Waals surface area (Å²) in [6.07, 6.45) is 0. The number of nitrogens with one attached hydrogen (secondary N) is 1. The predicted octanol–water partition coefficient (Wildman–Crippen LogP) is 2.28. The van der Waals surface area contributed by atoms with Crippen LogP contribution in [0.3, 0.4) is 0 Å². The van der Waals surface area contributed by atoms with Crippen LogP contribution < -0.4 is 5.32 Å². The van der Waals surface area contributed by atoms with Crippen molar-refractivity contribution < 1.29 is 0 Å². The van der Waals surface area contributed by atoms with Crippen LogP contribution in [0.15, 0.2) is 24.3 Å². The minimum Gasteiger partial charge on any atom is -0.309 e. The zero-order valence-corrected chi connectivity index (χ0v) is 13.2. The van der Waals surface area contributed by atoms with Crippen molar-refractivity contribution in [2.45, 2.75) is 26.8 Å². The molecule has 1 aromatic rings.